The lowest BCUT2D eigenvalue weighted by atomic mass is 10.1. The molecule has 1 aliphatic rings. The third-order valence-electron chi connectivity index (χ3n) is 2.69. The third-order valence-corrected chi connectivity index (χ3v) is 3.24. The Bertz CT molecular complexity index is 419. The molecule has 0 aromatic heterocycles. The van der Waals surface area contributed by atoms with E-state index in [-0.39, 0.29) is 12.3 Å². The Morgan fingerprint density at radius 3 is 2.53 bits per heavy atom. The zero-order valence-corrected chi connectivity index (χ0v) is 11.1. The molecule has 0 amide bonds. The van der Waals surface area contributed by atoms with E-state index in [1.54, 1.807) is 12.2 Å². The minimum absolute atomic E-state index is 0.149. The van der Waals surface area contributed by atoms with Gasteiger partial charge in [-0.3, -0.25) is 0 Å². The molecule has 0 spiro atoms. The van der Waals surface area contributed by atoms with Gasteiger partial charge >= 0.3 is 0 Å². The molecule has 1 aromatic carbocycles. The summed E-state index contributed by atoms with van der Waals surface area (Å²) in [6, 6.07) is 7.36. The lowest BCUT2D eigenvalue weighted by molar-refractivity contribution is -0.208. The van der Waals surface area contributed by atoms with Crippen molar-refractivity contribution in [2.45, 2.75) is 19.2 Å². The Hall–Kier alpha value is -0.740. The largest absolute Gasteiger partial charge is 0.409 e. The van der Waals surface area contributed by atoms with Crippen LogP contribution in [-0.2, 0) is 9.57 Å². The molecule has 0 N–H and O–H groups in total. The lowest BCUT2D eigenvalue weighted by Gasteiger charge is -2.28. The number of rotatable bonds is 3. The minimum Gasteiger partial charge on any atom is -0.409 e. The van der Waals surface area contributed by atoms with Gasteiger partial charge in [0.2, 0.25) is 0 Å². The zero-order chi connectivity index (χ0) is 12.4. The summed E-state index contributed by atoms with van der Waals surface area (Å²) in [7, 11) is 1.62. The van der Waals surface area contributed by atoms with Crippen LogP contribution in [0.5, 0.6) is 0 Å². The Kier molecular flexibility index (Phi) is 3.94. The summed E-state index contributed by atoms with van der Waals surface area (Å²) in [4.78, 5) is 5.40. The highest BCUT2D eigenvalue weighted by Gasteiger charge is 2.33. The molecule has 2 rings (SSSR count). The van der Waals surface area contributed by atoms with Crippen LogP contribution < -0.4 is 0 Å². The number of halogens is 2. The van der Waals surface area contributed by atoms with Crippen molar-refractivity contribution >= 4 is 23.2 Å². The Balaban J connectivity index is 2.27. The van der Waals surface area contributed by atoms with Gasteiger partial charge in [0.05, 0.1) is 5.03 Å². The minimum atomic E-state index is -0.192. The normalized spacial score (nSPS) is 22.1. The van der Waals surface area contributed by atoms with Crippen LogP contribution >= 0.6 is 23.2 Å². The number of nitrogens with zero attached hydrogens (tertiary/aromatic N) is 1. The number of methoxy groups -OCH3 is 1. The fourth-order valence-electron chi connectivity index (χ4n) is 1.71. The third kappa shape index (κ3) is 2.58. The van der Waals surface area contributed by atoms with E-state index in [2.05, 4.69) is 0 Å². The number of hydrogen-bond donors (Lipinski definition) is 0. The van der Waals surface area contributed by atoms with Gasteiger partial charge in [-0.05, 0) is 24.6 Å². The Morgan fingerprint density at radius 2 is 1.94 bits per heavy atom. The quantitative estimate of drug-likeness (QED) is 0.838. The van der Waals surface area contributed by atoms with Crippen LogP contribution in [-0.4, -0.2) is 18.4 Å². The smallest absolute Gasteiger partial charge is 0.141 e. The molecule has 0 radical (unpaired) electrons. The van der Waals surface area contributed by atoms with Crippen molar-refractivity contribution in [1.82, 2.24) is 5.06 Å². The molecule has 1 aliphatic heterocycles. The van der Waals surface area contributed by atoms with Gasteiger partial charge in [-0.15, -0.1) is 5.06 Å². The molecule has 3 nitrogen and oxygen atoms in total. The number of benzene rings is 1. The topological polar surface area (TPSA) is 21.7 Å². The first-order valence-corrected chi connectivity index (χ1v) is 5.98. The average molecular weight is 274 g/mol. The van der Waals surface area contributed by atoms with Crippen LogP contribution in [0.3, 0.4) is 0 Å². The summed E-state index contributed by atoms with van der Waals surface area (Å²) in [5, 5.41) is 3.02. The standard InChI is InChI=1S/C12H13Cl2NO2/c1-8(16-2)15-12(11(14)7-17-15)9-3-5-10(13)6-4-9/h3-8,12H,1-2H3. The van der Waals surface area contributed by atoms with E-state index >= 15 is 0 Å². The van der Waals surface area contributed by atoms with Gasteiger partial charge in [-0.2, -0.15) is 0 Å². The first kappa shape index (κ1) is 12.7. The van der Waals surface area contributed by atoms with Crippen LogP contribution in [0.15, 0.2) is 35.6 Å². The summed E-state index contributed by atoms with van der Waals surface area (Å²) in [5.41, 5.74) is 1.01. The molecule has 0 saturated carbocycles. The van der Waals surface area contributed by atoms with Crippen molar-refractivity contribution in [3.63, 3.8) is 0 Å². The van der Waals surface area contributed by atoms with Gasteiger partial charge in [-0.1, -0.05) is 35.3 Å². The molecule has 0 saturated heterocycles. The first-order chi connectivity index (χ1) is 8.13. The van der Waals surface area contributed by atoms with E-state index in [1.807, 2.05) is 31.2 Å². The molecular weight excluding hydrogens is 261 g/mol. The highest BCUT2D eigenvalue weighted by Crippen LogP contribution is 2.38. The second kappa shape index (κ2) is 5.27. The summed E-state index contributed by atoms with van der Waals surface area (Å²) in [6.45, 7) is 1.90. The molecule has 0 aliphatic carbocycles. The van der Waals surface area contributed by atoms with Crippen molar-refractivity contribution in [1.29, 1.82) is 0 Å². The number of hydroxylamine groups is 2. The van der Waals surface area contributed by atoms with Gasteiger partial charge in [0, 0.05) is 12.1 Å². The van der Waals surface area contributed by atoms with Crippen LogP contribution in [0.25, 0.3) is 0 Å². The van der Waals surface area contributed by atoms with Gasteiger partial charge in [-0.25, -0.2) is 0 Å². The van der Waals surface area contributed by atoms with Crippen LogP contribution in [0.2, 0.25) is 5.02 Å². The van der Waals surface area contributed by atoms with E-state index in [0.29, 0.717) is 10.1 Å². The van der Waals surface area contributed by atoms with E-state index in [0.717, 1.165) is 5.56 Å². The van der Waals surface area contributed by atoms with E-state index in [4.69, 9.17) is 32.8 Å². The average Bonchev–Trinajstić information content (AvgIpc) is 2.71. The predicted molar refractivity (Wildman–Crippen MR) is 67.5 cm³/mol. The molecule has 5 heteroatoms. The van der Waals surface area contributed by atoms with Crippen molar-refractivity contribution < 1.29 is 9.57 Å². The molecule has 2 unspecified atom stereocenters. The molecule has 0 fully saturated rings. The molecule has 2 atom stereocenters. The first-order valence-electron chi connectivity index (χ1n) is 5.22. The summed E-state index contributed by atoms with van der Waals surface area (Å²) in [6.07, 6.45) is 1.33. The van der Waals surface area contributed by atoms with Gasteiger partial charge in [0.25, 0.3) is 0 Å². The second-order valence-electron chi connectivity index (χ2n) is 3.76. The SMILES string of the molecule is COC(C)N1OC=C(Cl)C1c1ccc(Cl)cc1. The van der Waals surface area contributed by atoms with Crippen LogP contribution in [0.4, 0.5) is 0 Å². The molecule has 1 heterocycles. The fourth-order valence-corrected chi connectivity index (χ4v) is 2.10. The fraction of sp³-hybridized carbons (Fsp3) is 0.333. The van der Waals surface area contributed by atoms with Crippen molar-refractivity contribution in [2.75, 3.05) is 7.11 Å². The molecule has 0 bridgehead atoms. The van der Waals surface area contributed by atoms with Crippen molar-refractivity contribution in [2.24, 2.45) is 0 Å². The van der Waals surface area contributed by atoms with Gasteiger partial charge < -0.3 is 9.57 Å². The van der Waals surface area contributed by atoms with E-state index < -0.39 is 0 Å². The Labute approximate surface area is 110 Å². The summed E-state index contributed by atoms with van der Waals surface area (Å²) >= 11 is 12.0. The zero-order valence-electron chi connectivity index (χ0n) is 9.56. The molecular formula is C12H13Cl2NO2. The van der Waals surface area contributed by atoms with Crippen LogP contribution in [0, 0.1) is 0 Å². The van der Waals surface area contributed by atoms with Gasteiger partial charge in [0.15, 0.2) is 0 Å². The summed E-state index contributed by atoms with van der Waals surface area (Å²) in [5.74, 6) is 0. The number of hydrogen-bond acceptors (Lipinski definition) is 3. The Morgan fingerprint density at radius 1 is 1.29 bits per heavy atom. The molecule has 1 aromatic rings. The highest BCUT2D eigenvalue weighted by molar-refractivity contribution is 6.31. The molecule has 17 heavy (non-hydrogen) atoms. The monoisotopic (exact) mass is 273 g/mol. The lowest BCUT2D eigenvalue weighted by Crippen LogP contribution is -2.33. The van der Waals surface area contributed by atoms with E-state index in [1.165, 1.54) is 6.26 Å². The maximum absolute atomic E-state index is 6.15. The van der Waals surface area contributed by atoms with Crippen LogP contribution in [0.1, 0.15) is 18.5 Å². The maximum atomic E-state index is 6.15. The molecule has 92 valence electrons. The summed E-state index contributed by atoms with van der Waals surface area (Å²) < 4.78 is 5.24. The second-order valence-corrected chi connectivity index (χ2v) is 4.63. The highest BCUT2D eigenvalue weighted by atomic mass is 35.5. The van der Waals surface area contributed by atoms with E-state index in [9.17, 15) is 0 Å². The maximum Gasteiger partial charge on any atom is 0.141 e. The van der Waals surface area contributed by atoms with Crippen molar-refractivity contribution in [3.05, 3.63) is 46.1 Å². The predicted octanol–water partition coefficient (Wildman–Crippen LogP) is 3.70. The van der Waals surface area contributed by atoms with Crippen molar-refractivity contribution in [3.8, 4) is 0 Å². The number of ether oxygens (including phenoxy) is 1. The van der Waals surface area contributed by atoms with Gasteiger partial charge in [0.1, 0.15) is 18.5 Å².